The van der Waals surface area contributed by atoms with E-state index in [0.717, 1.165) is 71.1 Å². The van der Waals surface area contributed by atoms with Crippen LogP contribution in [-0.2, 0) is 9.53 Å². The second-order valence-electron chi connectivity index (χ2n) is 6.77. The van der Waals surface area contributed by atoms with Crippen LogP contribution in [0.2, 0.25) is 0 Å². The largest absolute Gasteiger partial charge is 0.389 e. The first kappa shape index (κ1) is 16.8. The van der Waals surface area contributed by atoms with E-state index in [1.54, 1.807) is 0 Å². The molecule has 1 unspecified atom stereocenters. The highest BCUT2D eigenvalue weighted by Gasteiger charge is 2.33. The minimum Gasteiger partial charge on any atom is -0.389 e. The second kappa shape index (κ2) is 8.14. The maximum absolute atomic E-state index is 12.5. The smallest absolute Gasteiger partial charge is 0.225 e. The monoisotopic (exact) mass is 297 g/mol. The second-order valence-corrected chi connectivity index (χ2v) is 6.77. The topological polar surface area (TPSA) is 49.8 Å². The molecule has 1 atom stereocenters. The lowest BCUT2D eigenvalue weighted by Gasteiger charge is -2.33. The predicted octanol–water partition coefficient (Wildman–Crippen LogP) is 2.88. The molecule has 0 aromatic heterocycles. The van der Waals surface area contributed by atoms with Gasteiger partial charge in [0.1, 0.15) is 0 Å². The van der Waals surface area contributed by atoms with Gasteiger partial charge in [0.15, 0.2) is 0 Å². The van der Waals surface area contributed by atoms with Crippen molar-refractivity contribution in [2.45, 2.75) is 82.8 Å². The molecule has 1 heterocycles. The average molecular weight is 297 g/mol. The number of hydrogen-bond acceptors (Lipinski definition) is 3. The van der Waals surface area contributed by atoms with E-state index < -0.39 is 5.60 Å². The van der Waals surface area contributed by atoms with Gasteiger partial charge in [-0.15, -0.1) is 0 Å². The van der Waals surface area contributed by atoms with Crippen molar-refractivity contribution in [3.63, 3.8) is 0 Å². The molecule has 0 radical (unpaired) electrons. The van der Waals surface area contributed by atoms with E-state index in [2.05, 4.69) is 6.92 Å². The molecule has 1 aliphatic heterocycles. The maximum Gasteiger partial charge on any atom is 0.225 e. The number of aliphatic hydroxyl groups is 1. The molecule has 0 aromatic rings. The summed E-state index contributed by atoms with van der Waals surface area (Å²) in [6, 6.07) is 0. The van der Waals surface area contributed by atoms with Gasteiger partial charge in [-0.05, 0) is 38.5 Å². The fourth-order valence-corrected chi connectivity index (χ4v) is 3.55. The quantitative estimate of drug-likeness (QED) is 0.849. The number of hydrogen-bond donors (Lipinski definition) is 1. The van der Waals surface area contributed by atoms with Crippen LogP contribution in [0.1, 0.15) is 71.1 Å². The molecule has 4 heteroatoms. The van der Waals surface area contributed by atoms with E-state index in [-0.39, 0.29) is 5.91 Å². The standard InChI is InChI=1S/C17H31NO3/c1-2-13-21-15-7-6-11-18(12-8-15)16(19)14-17(20)9-4-3-5-10-17/h15,20H,2-14H2,1H3. The van der Waals surface area contributed by atoms with Crippen molar-refractivity contribution in [2.75, 3.05) is 19.7 Å². The number of ether oxygens (including phenoxy) is 1. The van der Waals surface area contributed by atoms with Crippen molar-refractivity contribution < 1.29 is 14.6 Å². The minimum atomic E-state index is -0.736. The summed E-state index contributed by atoms with van der Waals surface area (Å²) in [6.45, 7) is 4.54. The Labute approximate surface area is 128 Å². The van der Waals surface area contributed by atoms with Crippen LogP contribution in [0.3, 0.4) is 0 Å². The van der Waals surface area contributed by atoms with Crippen LogP contribution in [-0.4, -0.2) is 47.3 Å². The van der Waals surface area contributed by atoms with Gasteiger partial charge >= 0.3 is 0 Å². The molecule has 0 spiro atoms. The van der Waals surface area contributed by atoms with Crippen LogP contribution >= 0.6 is 0 Å². The van der Waals surface area contributed by atoms with Gasteiger partial charge in [0.05, 0.1) is 18.1 Å². The summed E-state index contributed by atoms with van der Waals surface area (Å²) in [6.07, 6.45) is 9.53. The zero-order valence-corrected chi connectivity index (χ0v) is 13.5. The van der Waals surface area contributed by atoms with Crippen molar-refractivity contribution in [1.82, 2.24) is 4.90 Å². The van der Waals surface area contributed by atoms with Gasteiger partial charge in [-0.25, -0.2) is 0 Å². The van der Waals surface area contributed by atoms with Gasteiger partial charge in [-0.3, -0.25) is 4.79 Å². The average Bonchev–Trinajstić information content (AvgIpc) is 2.71. The summed E-state index contributed by atoms with van der Waals surface area (Å²) >= 11 is 0. The lowest BCUT2D eigenvalue weighted by molar-refractivity contribution is -0.137. The molecule has 0 aromatic carbocycles. The van der Waals surface area contributed by atoms with Gasteiger partial charge < -0.3 is 14.7 Å². The van der Waals surface area contributed by atoms with E-state index in [0.29, 0.717) is 12.5 Å². The highest BCUT2D eigenvalue weighted by atomic mass is 16.5. The van der Waals surface area contributed by atoms with E-state index in [9.17, 15) is 9.90 Å². The molecule has 0 bridgehead atoms. The first-order valence-electron chi connectivity index (χ1n) is 8.75. The summed E-state index contributed by atoms with van der Waals surface area (Å²) in [5.41, 5.74) is -0.736. The third-order valence-electron chi connectivity index (χ3n) is 4.85. The van der Waals surface area contributed by atoms with Crippen LogP contribution in [0.25, 0.3) is 0 Å². The molecule has 2 fully saturated rings. The molecule has 2 aliphatic rings. The van der Waals surface area contributed by atoms with Gasteiger partial charge in [-0.2, -0.15) is 0 Å². The van der Waals surface area contributed by atoms with E-state index in [1.165, 1.54) is 6.42 Å². The Bertz CT molecular complexity index is 326. The zero-order chi connectivity index (χ0) is 15.1. The van der Waals surface area contributed by atoms with Gasteiger partial charge in [-0.1, -0.05) is 26.2 Å². The SMILES string of the molecule is CCCOC1CCCN(C(=O)CC2(O)CCCCC2)CC1. The van der Waals surface area contributed by atoms with Crippen LogP contribution in [0.5, 0.6) is 0 Å². The molecule has 1 aliphatic carbocycles. The highest BCUT2D eigenvalue weighted by Crippen LogP contribution is 2.31. The maximum atomic E-state index is 12.5. The summed E-state index contributed by atoms with van der Waals surface area (Å²) < 4.78 is 5.82. The number of amides is 1. The van der Waals surface area contributed by atoms with Crippen molar-refractivity contribution >= 4 is 5.91 Å². The molecule has 1 amide bonds. The number of likely N-dealkylation sites (tertiary alicyclic amines) is 1. The third kappa shape index (κ3) is 5.26. The molecular weight excluding hydrogens is 266 g/mol. The normalized spacial score (nSPS) is 26.4. The number of nitrogens with zero attached hydrogens (tertiary/aromatic N) is 1. The first-order chi connectivity index (χ1) is 10.1. The molecule has 1 saturated carbocycles. The minimum absolute atomic E-state index is 0.135. The fraction of sp³-hybridized carbons (Fsp3) is 0.941. The Hall–Kier alpha value is -0.610. The summed E-state index contributed by atoms with van der Waals surface area (Å²) in [5, 5.41) is 10.5. The number of carbonyl (C=O) groups is 1. The Morgan fingerprint density at radius 3 is 2.67 bits per heavy atom. The van der Waals surface area contributed by atoms with Crippen LogP contribution in [0, 0.1) is 0 Å². The van der Waals surface area contributed by atoms with Gasteiger partial charge in [0, 0.05) is 19.7 Å². The molecular formula is C17H31NO3. The Kier molecular flexibility index (Phi) is 6.49. The van der Waals surface area contributed by atoms with Crippen molar-refractivity contribution in [3.05, 3.63) is 0 Å². The molecule has 2 rings (SSSR count). The first-order valence-corrected chi connectivity index (χ1v) is 8.75. The van der Waals surface area contributed by atoms with Crippen LogP contribution in [0.15, 0.2) is 0 Å². The predicted molar refractivity (Wildman–Crippen MR) is 83.1 cm³/mol. The molecule has 21 heavy (non-hydrogen) atoms. The van der Waals surface area contributed by atoms with Crippen molar-refractivity contribution in [2.24, 2.45) is 0 Å². The number of carbonyl (C=O) groups excluding carboxylic acids is 1. The lowest BCUT2D eigenvalue weighted by Crippen LogP contribution is -2.41. The highest BCUT2D eigenvalue weighted by molar-refractivity contribution is 5.77. The molecule has 1 saturated heterocycles. The van der Waals surface area contributed by atoms with Crippen molar-refractivity contribution in [3.8, 4) is 0 Å². The summed E-state index contributed by atoms with van der Waals surface area (Å²) in [4.78, 5) is 14.4. The fourth-order valence-electron chi connectivity index (χ4n) is 3.55. The van der Waals surface area contributed by atoms with E-state index in [4.69, 9.17) is 4.74 Å². The molecule has 4 nitrogen and oxygen atoms in total. The third-order valence-corrected chi connectivity index (χ3v) is 4.85. The zero-order valence-electron chi connectivity index (χ0n) is 13.5. The van der Waals surface area contributed by atoms with Crippen LogP contribution < -0.4 is 0 Å². The van der Waals surface area contributed by atoms with Gasteiger partial charge in [0.2, 0.25) is 5.91 Å². The van der Waals surface area contributed by atoms with Gasteiger partial charge in [0.25, 0.3) is 0 Å². The Morgan fingerprint density at radius 2 is 1.95 bits per heavy atom. The lowest BCUT2D eigenvalue weighted by atomic mass is 9.82. The number of rotatable bonds is 5. The Balaban J connectivity index is 1.79. The molecule has 1 N–H and O–H groups in total. The molecule has 122 valence electrons. The summed E-state index contributed by atoms with van der Waals surface area (Å²) in [5.74, 6) is 0.135. The summed E-state index contributed by atoms with van der Waals surface area (Å²) in [7, 11) is 0. The van der Waals surface area contributed by atoms with Crippen molar-refractivity contribution in [1.29, 1.82) is 0 Å². The Morgan fingerprint density at radius 1 is 1.19 bits per heavy atom. The van der Waals surface area contributed by atoms with E-state index in [1.807, 2.05) is 4.90 Å². The van der Waals surface area contributed by atoms with Crippen LogP contribution in [0.4, 0.5) is 0 Å². The van der Waals surface area contributed by atoms with E-state index >= 15 is 0 Å².